The van der Waals surface area contributed by atoms with Gasteiger partial charge in [0.2, 0.25) is 0 Å². The smallest absolute Gasteiger partial charge is 0.252 e. The number of hydrogen-bond donors (Lipinski definition) is 1. The Morgan fingerprint density at radius 2 is 1.74 bits per heavy atom. The van der Waals surface area contributed by atoms with E-state index in [1.165, 1.54) is 5.69 Å². The van der Waals surface area contributed by atoms with Crippen molar-refractivity contribution in [3.63, 3.8) is 0 Å². The van der Waals surface area contributed by atoms with Crippen LogP contribution in [0.3, 0.4) is 0 Å². The molecule has 0 spiro atoms. The highest BCUT2D eigenvalue weighted by Crippen LogP contribution is 2.26. The number of ether oxygens (including phenoxy) is 2. The summed E-state index contributed by atoms with van der Waals surface area (Å²) in [6, 6.07) is 18.0. The Kier molecular flexibility index (Phi) is 8.20. The van der Waals surface area contributed by atoms with Crippen molar-refractivity contribution in [1.82, 2.24) is 10.3 Å². The summed E-state index contributed by atoms with van der Waals surface area (Å²) in [6.45, 7) is 7.57. The second-order valence-corrected chi connectivity index (χ2v) is 8.44. The number of pyridine rings is 1. The largest absolute Gasteiger partial charge is 0.497 e. The van der Waals surface area contributed by atoms with Crippen LogP contribution in [-0.4, -0.2) is 63.9 Å². The molecule has 0 atom stereocenters. The number of carbonyl (C=O) groups is 1. The summed E-state index contributed by atoms with van der Waals surface area (Å²) in [4.78, 5) is 22.6. The van der Waals surface area contributed by atoms with Crippen molar-refractivity contribution in [1.29, 1.82) is 0 Å². The molecular formula is C27H34N4O3. The molecule has 1 amide bonds. The fraction of sp³-hybridized carbons (Fsp3) is 0.407. The average molecular weight is 463 g/mol. The molecule has 1 fully saturated rings. The van der Waals surface area contributed by atoms with Gasteiger partial charge in [-0.05, 0) is 49.2 Å². The van der Waals surface area contributed by atoms with Gasteiger partial charge in [-0.3, -0.25) is 4.79 Å². The molecule has 2 heterocycles. The predicted octanol–water partition coefficient (Wildman–Crippen LogP) is 4.12. The number of carbonyl (C=O) groups excluding carboxylic acids is 1. The van der Waals surface area contributed by atoms with Gasteiger partial charge < -0.3 is 24.6 Å². The van der Waals surface area contributed by atoms with E-state index < -0.39 is 0 Å². The molecule has 0 aliphatic carbocycles. The molecule has 7 heteroatoms. The number of rotatable bonds is 10. The first kappa shape index (κ1) is 23.8. The molecule has 1 aromatic heterocycles. The number of amides is 1. The summed E-state index contributed by atoms with van der Waals surface area (Å²) >= 11 is 0. The van der Waals surface area contributed by atoms with E-state index in [0.29, 0.717) is 18.7 Å². The fourth-order valence-corrected chi connectivity index (χ4v) is 4.22. The van der Waals surface area contributed by atoms with Crippen LogP contribution in [0.15, 0.2) is 54.6 Å². The normalized spacial score (nSPS) is 13.8. The van der Waals surface area contributed by atoms with Gasteiger partial charge in [0.05, 0.1) is 18.2 Å². The third-order valence-electron chi connectivity index (χ3n) is 6.09. The van der Waals surface area contributed by atoms with Crippen LogP contribution in [0.2, 0.25) is 0 Å². The number of aromatic nitrogens is 1. The zero-order valence-electron chi connectivity index (χ0n) is 20.1. The molecule has 0 bridgehead atoms. The van der Waals surface area contributed by atoms with E-state index in [4.69, 9.17) is 14.5 Å². The second-order valence-electron chi connectivity index (χ2n) is 8.44. The SMILES string of the molecule is CCCOCCCNC(=O)c1cc(N2CCN(c3ccc(OC)cc3)CC2)nc2ccccc12. The number of hydrogen-bond acceptors (Lipinski definition) is 6. The summed E-state index contributed by atoms with van der Waals surface area (Å²) in [5.74, 6) is 1.65. The van der Waals surface area contributed by atoms with Crippen molar-refractivity contribution < 1.29 is 14.3 Å². The van der Waals surface area contributed by atoms with E-state index in [2.05, 4.69) is 34.2 Å². The molecular weight excluding hydrogens is 428 g/mol. The highest BCUT2D eigenvalue weighted by molar-refractivity contribution is 6.07. The van der Waals surface area contributed by atoms with Gasteiger partial charge in [-0.1, -0.05) is 25.1 Å². The minimum atomic E-state index is -0.0628. The Morgan fingerprint density at radius 1 is 1.00 bits per heavy atom. The summed E-state index contributed by atoms with van der Waals surface area (Å²) in [6.07, 6.45) is 1.81. The maximum absolute atomic E-state index is 13.1. The van der Waals surface area contributed by atoms with Gasteiger partial charge in [-0.25, -0.2) is 4.98 Å². The van der Waals surface area contributed by atoms with Crippen LogP contribution in [0.25, 0.3) is 10.9 Å². The molecule has 34 heavy (non-hydrogen) atoms. The summed E-state index contributed by atoms with van der Waals surface area (Å²) in [7, 11) is 1.68. The fourth-order valence-electron chi connectivity index (χ4n) is 4.22. The van der Waals surface area contributed by atoms with Crippen LogP contribution in [0, 0.1) is 0 Å². The monoisotopic (exact) mass is 462 g/mol. The highest BCUT2D eigenvalue weighted by atomic mass is 16.5. The number of nitrogens with zero attached hydrogens (tertiary/aromatic N) is 3. The number of benzene rings is 2. The van der Waals surface area contributed by atoms with Crippen molar-refractivity contribution in [2.24, 2.45) is 0 Å². The van der Waals surface area contributed by atoms with Crippen LogP contribution in [0.4, 0.5) is 11.5 Å². The Balaban J connectivity index is 1.44. The van der Waals surface area contributed by atoms with E-state index in [-0.39, 0.29) is 5.91 Å². The van der Waals surface area contributed by atoms with E-state index in [9.17, 15) is 4.79 Å². The molecule has 180 valence electrons. The predicted molar refractivity (Wildman–Crippen MR) is 137 cm³/mol. The van der Waals surface area contributed by atoms with Crippen LogP contribution in [-0.2, 0) is 4.74 Å². The zero-order chi connectivity index (χ0) is 23.8. The summed E-state index contributed by atoms with van der Waals surface area (Å²) in [5, 5.41) is 3.93. The number of piperazine rings is 1. The van der Waals surface area contributed by atoms with Gasteiger partial charge in [-0.15, -0.1) is 0 Å². The Hall–Kier alpha value is -3.32. The van der Waals surface area contributed by atoms with Gasteiger partial charge in [0.1, 0.15) is 11.6 Å². The van der Waals surface area contributed by atoms with Crippen LogP contribution in [0.5, 0.6) is 5.75 Å². The maximum Gasteiger partial charge on any atom is 0.252 e. The topological polar surface area (TPSA) is 66.9 Å². The lowest BCUT2D eigenvalue weighted by Gasteiger charge is -2.37. The number of nitrogens with one attached hydrogen (secondary N) is 1. The Morgan fingerprint density at radius 3 is 2.47 bits per heavy atom. The van der Waals surface area contributed by atoms with Gasteiger partial charge in [0, 0.05) is 57.0 Å². The molecule has 0 unspecified atom stereocenters. The van der Waals surface area contributed by atoms with Crippen molar-refractivity contribution >= 4 is 28.3 Å². The Labute approximate surface area is 201 Å². The first-order chi connectivity index (χ1) is 16.7. The zero-order valence-corrected chi connectivity index (χ0v) is 20.1. The molecule has 1 aliphatic heterocycles. The van der Waals surface area contributed by atoms with E-state index in [1.54, 1.807) is 7.11 Å². The molecule has 1 aliphatic rings. The molecule has 7 nitrogen and oxygen atoms in total. The quantitative estimate of drug-likeness (QED) is 0.457. The molecule has 4 rings (SSSR count). The van der Waals surface area contributed by atoms with E-state index in [0.717, 1.165) is 68.1 Å². The molecule has 0 saturated carbocycles. The minimum absolute atomic E-state index is 0.0628. The second kappa shape index (κ2) is 11.7. The van der Waals surface area contributed by atoms with Gasteiger partial charge >= 0.3 is 0 Å². The first-order valence-electron chi connectivity index (χ1n) is 12.1. The molecule has 3 aromatic rings. The van der Waals surface area contributed by atoms with Crippen molar-refractivity contribution in [3.8, 4) is 5.75 Å². The number of fused-ring (bicyclic) bond motifs is 1. The average Bonchev–Trinajstić information content (AvgIpc) is 2.90. The standard InChI is InChI=1S/C27H34N4O3/c1-3-18-34-19-6-13-28-27(32)24-20-26(29-25-8-5-4-7-23(24)25)31-16-14-30(15-17-31)21-9-11-22(33-2)12-10-21/h4-5,7-12,20H,3,6,13-19H2,1-2H3,(H,28,32). The van der Waals surface area contributed by atoms with Gasteiger partial charge in [0.15, 0.2) is 0 Å². The number of anilines is 2. The first-order valence-corrected chi connectivity index (χ1v) is 12.1. The molecule has 2 aromatic carbocycles. The van der Waals surface area contributed by atoms with Crippen molar-refractivity contribution in [2.75, 3.05) is 62.8 Å². The lowest BCUT2D eigenvalue weighted by atomic mass is 10.1. The molecule has 1 N–H and O–H groups in total. The van der Waals surface area contributed by atoms with E-state index >= 15 is 0 Å². The lowest BCUT2D eigenvalue weighted by molar-refractivity contribution is 0.0943. The van der Waals surface area contributed by atoms with Crippen molar-refractivity contribution in [2.45, 2.75) is 19.8 Å². The minimum Gasteiger partial charge on any atom is -0.497 e. The number of para-hydroxylation sites is 1. The van der Waals surface area contributed by atoms with Gasteiger partial charge in [-0.2, -0.15) is 0 Å². The Bertz CT molecular complexity index is 1080. The van der Waals surface area contributed by atoms with Crippen LogP contribution >= 0.6 is 0 Å². The maximum atomic E-state index is 13.1. The highest BCUT2D eigenvalue weighted by Gasteiger charge is 2.21. The van der Waals surface area contributed by atoms with E-state index in [1.807, 2.05) is 42.5 Å². The number of methoxy groups -OCH3 is 1. The third kappa shape index (κ3) is 5.78. The van der Waals surface area contributed by atoms with Crippen LogP contribution in [0.1, 0.15) is 30.1 Å². The summed E-state index contributed by atoms with van der Waals surface area (Å²) < 4.78 is 10.8. The van der Waals surface area contributed by atoms with Crippen LogP contribution < -0.4 is 19.9 Å². The third-order valence-corrected chi connectivity index (χ3v) is 6.09. The molecule has 0 radical (unpaired) electrons. The summed E-state index contributed by atoms with van der Waals surface area (Å²) in [5.41, 5.74) is 2.71. The van der Waals surface area contributed by atoms with Gasteiger partial charge in [0.25, 0.3) is 5.91 Å². The molecule has 1 saturated heterocycles. The lowest BCUT2D eigenvalue weighted by Crippen LogP contribution is -2.47. The van der Waals surface area contributed by atoms with Crippen molar-refractivity contribution in [3.05, 3.63) is 60.2 Å².